The maximum absolute atomic E-state index is 11.9. The smallest absolute Gasteiger partial charge is 0.182 e. The second-order valence-corrected chi connectivity index (χ2v) is 6.01. The van der Waals surface area contributed by atoms with E-state index in [1.807, 2.05) is 6.07 Å². The van der Waals surface area contributed by atoms with Crippen LogP contribution in [0.25, 0.3) is 0 Å². The van der Waals surface area contributed by atoms with Crippen LogP contribution in [0.5, 0.6) is 0 Å². The highest BCUT2D eigenvalue weighted by Crippen LogP contribution is 2.34. The van der Waals surface area contributed by atoms with Gasteiger partial charge in [0, 0.05) is 0 Å². The molecule has 1 unspecified atom stereocenters. The summed E-state index contributed by atoms with van der Waals surface area (Å²) in [4.78, 5) is 0.217. The Labute approximate surface area is 98.8 Å². The molecule has 1 atom stereocenters. The second-order valence-electron chi connectivity index (χ2n) is 3.60. The predicted octanol–water partition coefficient (Wildman–Crippen LogP) is 1.82. The quantitative estimate of drug-likeness (QED) is 0.832. The number of fused-ring (bicyclic) bond motifs is 1. The maximum atomic E-state index is 11.9. The van der Waals surface area contributed by atoms with E-state index in [2.05, 4.69) is 5.32 Å². The Bertz CT molecular complexity index is 563. The molecule has 1 aromatic carbocycles. The van der Waals surface area contributed by atoms with Crippen molar-refractivity contribution in [2.45, 2.75) is 17.4 Å². The molecule has 0 aliphatic carbocycles. The van der Waals surface area contributed by atoms with Crippen LogP contribution in [0.4, 0.5) is 5.69 Å². The minimum Gasteiger partial charge on any atom is -0.378 e. The molecule has 16 heavy (non-hydrogen) atoms. The Balaban J connectivity index is 2.53. The molecule has 1 heterocycles. The Morgan fingerprint density at radius 1 is 1.56 bits per heavy atom. The first-order chi connectivity index (χ1) is 7.54. The summed E-state index contributed by atoms with van der Waals surface area (Å²) in [6.45, 7) is 0. The summed E-state index contributed by atoms with van der Waals surface area (Å²) in [5.41, 5.74) is 0.413. The lowest BCUT2D eigenvalue weighted by Gasteiger charge is -2.25. The summed E-state index contributed by atoms with van der Waals surface area (Å²) >= 11 is 5.93. The lowest BCUT2D eigenvalue weighted by Crippen LogP contribution is -2.34. The van der Waals surface area contributed by atoms with Crippen LogP contribution >= 0.6 is 11.6 Å². The van der Waals surface area contributed by atoms with Gasteiger partial charge in [0.2, 0.25) is 0 Å². The first-order valence-corrected chi connectivity index (χ1v) is 6.72. The van der Waals surface area contributed by atoms with Crippen molar-refractivity contribution in [3.05, 3.63) is 23.2 Å². The topological polar surface area (TPSA) is 70.0 Å². The molecule has 1 aliphatic heterocycles. The van der Waals surface area contributed by atoms with Crippen molar-refractivity contribution in [1.82, 2.24) is 0 Å². The molecule has 84 valence electrons. The Kier molecular flexibility index (Phi) is 2.78. The zero-order valence-electron chi connectivity index (χ0n) is 8.27. The third-order valence-corrected chi connectivity index (χ3v) is 4.58. The fourth-order valence-corrected chi connectivity index (χ4v) is 3.69. The van der Waals surface area contributed by atoms with Crippen molar-refractivity contribution < 1.29 is 8.42 Å². The lowest BCUT2D eigenvalue weighted by molar-refractivity contribution is 0.586. The minimum atomic E-state index is -3.33. The standard InChI is InChI=1S/C10H9ClN2O2S/c11-8-2-1-3-9-10(8)13-7(4-5-12)6-16(9,14)15/h1-3,7,13H,4,6H2. The third kappa shape index (κ3) is 1.86. The molecular formula is C10H9ClN2O2S. The van der Waals surface area contributed by atoms with E-state index in [-0.39, 0.29) is 23.1 Å². The van der Waals surface area contributed by atoms with Crippen LogP contribution in [-0.4, -0.2) is 20.2 Å². The van der Waals surface area contributed by atoms with E-state index in [1.54, 1.807) is 12.1 Å². The summed E-state index contributed by atoms with van der Waals surface area (Å²) in [5.74, 6) is -0.0616. The van der Waals surface area contributed by atoms with Crippen LogP contribution in [0.3, 0.4) is 0 Å². The SMILES string of the molecule is N#CCC1CS(=O)(=O)c2cccc(Cl)c2N1. The molecule has 1 aliphatic rings. The zero-order chi connectivity index (χ0) is 11.8. The van der Waals surface area contributed by atoms with Gasteiger partial charge in [0.05, 0.1) is 39.9 Å². The van der Waals surface area contributed by atoms with E-state index in [0.29, 0.717) is 10.7 Å². The van der Waals surface area contributed by atoms with Crippen LogP contribution in [0, 0.1) is 11.3 Å². The van der Waals surface area contributed by atoms with E-state index in [0.717, 1.165) is 0 Å². The van der Waals surface area contributed by atoms with E-state index in [9.17, 15) is 8.42 Å². The molecule has 0 fully saturated rings. The number of sulfone groups is 1. The van der Waals surface area contributed by atoms with Crippen molar-refractivity contribution in [2.24, 2.45) is 0 Å². The minimum absolute atomic E-state index is 0.0616. The van der Waals surface area contributed by atoms with Gasteiger partial charge in [-0.3, -0.25) is 0 Å². The summed E-state index contributed by atoms with van der Waals surface area (Å²) in [6.07, 6.45) is 0.143. The summed E-state index contributed by atoms with van der Waals surface area (Å²) in [6, 6.07) is 6.31. The number of nitrogens with zero attached hydrogens (tertiary/aromatic N) is 1. The van der Waals surface area contributed by atoms with Gasteiger partial charge < -0.3 is 5.32 Å². The average molecular weight is 257 g/mol. The number of hydrogen-bond donors (Lipinski definition) is 1. The highest BCUT2D eigenvalue weighted by Gasteiger charge is 2.30. The summed E-state index contributed by atoms with van der Waals surface area (Å²) < 4.78 is 23.8. The van der Waals surface area contributed by atoms with Crippen molar-refractivity contribution in [3.8, 4) is 6.07 Å². The van der Waals surface area contributed by atoms with Crippen LogP contribution in [0.15, 0.2) is 23.1 Å². The molecule has 4 nitrogen and oxygen atoms in total. The molecule has 0 amide bonds. The molecular weight excluding hydrogens is 248 g/mol. The number of hydrogen-bond acceptors (Lipinski definition) is 4. The molecule has 0 aromatic heterocycles. The highest BCUT2D eigenvalue weighted by molar-refractivity contribution is 7.91. The van der Waals surface area contributed by atoms with Crippen LogP contribution in [0.2, 0.25) is 5.02 Å². The van der Waals surface area contributed by atoms with Crippen molar-refractivity contribution in [1.29, 1.82) is 5.26 Å². The van der Waals surface area contributed by atoms with Gasteiger partial charge in [-0.25, -0.2) is 8.42 Å². The zero-order valence-corrected chi connectivity index (χ0v) is 9.85. The molecule has 6 heteroatoms. The van der Waals surface area contributed by atoms with Crippen molar-refractivity contribution in [3.63, 3.8) is 0 Å². The third-order valence-electron chi connectivity index (χ3n) is 2.42. The molecule has 0 saturated heterocycles. The fraction of sp³-hybridized carbons (Fsp3) is 0.300. The van der Waals surface area contributed by atoms with Gasteiger partial charge in [-0.05, 0) is 12.1 Å². The number of para-hydroxylation sites is 1. The number of anilines is 1. The molecule has 0 bridgehead atoms. The molecule has 0 spiro atoms. The lowest BCUT2D eigenvalue weighted by atomic mass is 10.2. The molecule has 2 rings (SSSR count). The average Bonchev–Trinajstić information content (AvgIpc) is 2.19. The monoisotopic (exact) mass is 256 g/mol. The normalized spacial score (nSPS) is 21.6. The van der Waals surface area contributed by atoms with Gasteiger partial charge in [-0.1, -0.05) is 17.7 Å². The number of nitriles is 1. The van der Waals surface area contributed by atoms with Gasteiger partial charge in [0.1, 0.15) is 0 Å². The van der Waals surface area contributed by atoms with Crippen molar-refractivity contribution in [2.75, 3.05) is 11.1 Å². The Morgan fingerprint density at radius 3 is 3.00 bits per heavy atom. The van der Waals surface area contributed by atoms with Gasteiger partial charge in [0.15, 0.2) is 9.84 Å². The first kappa shape index (κ1) is 11.2. The fourth-order valence-electron chi connectivity index (χ4n) is 1.72. The maximum Gasteiger partial charge on any atom is 0.182 e. The van der Waals surface area contributed by atoms with Crippen LogP contribution in [-0.2, 0) is 9.84 Å². The van der Waals surface area contributed by atoms with E-state index >= 15 is 0 Å². The Morgan fingerprint density at radius 2 is 2.31 bits per heavy atom. The number of benzene rings is 1. The number of rotatable bonds is 1. The number of nitrogens with one attached hydrogen (secondary N) is 1. The summed E-state index contributed by atoms with van der Waals surface area (Å²) in [7, 11) is -3.33. The Hall–Kier alpha value is -1.25. The van der Waals surface area contributed by atoms with E-state index in [4.69, 9.17) is 16.9 Å². The van der Waals surface area contributed by atoms with Crippen LogP contribution < -0.4 is 5.32 Å². The molecule has 1 N–H and O–H groups in total. The molecule has 1 aromatic rings. The van der Waals surface area contributed by atoms with Gasteiger partial charge in [-0.15, -0.1) is 0 Å². The highest BCUT2D eigenvalue weighted by atomic mass is 35.5. The van der Waals surface area contributed by atoms with E-state index < -0.39 is 9.84 Å². The van der Waals surface area contributed by atoms with Gasteiger partial charge in [-0.2, -0.15) is 5.26 Å². The molecule has 0 radical (unpaired) electrons. The second kappa shape index (κ2) is 3.96. The summed E-state index contributed by atoms with van der Waals surface area (Å²) in [5, 5.41) is 11.9. The first-order valence-electron chi connectivity index (χ1n) is 4.69. The van der Waals surface area contributed by atoms with E-state index in [1.165, 1.54) is 6.07 Å². The van der Waals surface area contributed by atoms with Gasteiger partial charge >= 0.3 is 0 Å². The number of halogens is 1. The largest absolute Gasteiger partial charge is 0.378 e. The predicted molar refractivity (Wildman–Crippen MR) is 61.1 cm³/mol. The van der Waals surface area contributed by atoms with Crippen molar-refractivity contribution >= 4 is 27.1 Å². The van der Waals surface area contributed by atoms with Crippen LogP contribution in [0.1, 0.15) is 6.42 Å². The van der Waals surface area contributed by atoms with Gasteiger partial charge in [0.25, 0.3) is 0 Å². The molecule has 0 saturated carbocycles.